The summed E-state index contributed by atoms with van der Waals surface area (Å²) < 4.78 is 10.2. The summed E-state index contributed by atoms with van der Waals surface area (Å²) >= 11 is 0. The van der Waals surface area contributed by atoms with Crippen LogP contribution in [-0.2, 0) is 14.3 Å². The van der Waals surface area contributed by atoms with Crippen LogP contribution in [0.1, 0.15) is 11.7 Å². The van der Waals surface area contributed by atoms with Crippen molar-refractivity contribution in [1.82, 2.24) is 0 Å². The number of hydrogen-bond donors (Lipinski definition) is 0. The first kappa shape index (κ1) is 8.81. The zero-order valence-corrected chi connectivity index (χ0v) is 7.60. The fourth-order valence-electron chi connectivity index (χ4n) is 1.32. The summed E-state index contributed by atoms with van der Waals surface area (Å²) in [6.45, 7) is 3.73. The standard InChI is InChI=1S/C11H10O3/c1-8-11(12)13-7-10(14-8)9-5-3-2-4-6-9/h2-6,10H,1,7H2. The number of ether oxygens (including phenoxy) is 2. The zero-order valence-electron chi connectivity index (χ0n) is 7.60. The Balaban J connectivity index is 2.14. The van der Waals surface area contributed by atoms with Crippen molar-refractivity contribution in [2.75, 3.05) is 6.61 Å². The monoisotopic (exact) mass is 190 g/mol. The molecule has 0 aliphatic carbocycles. The summed E-state index contributed by atoms with van der Waals surface area (Å²) in [6, 6.07) is 9.61. The molecule has 1 aliphatic heterocycles. The van der Waals surface area contributed by atoms with Crippen molar-refractivity contribution in [3.8, 4) is 0 Å². The second kappa shape index (κ2) is 3.54. The molecule has 0 N–H and O–H groups in total. The van der Waals surface area contributed by atoms with Gasteiger partial charge in [-0.1, -0.05) is 30.3 Å². The molecule has 1 unspecified atom stereocenters. The Kier molecular flexibility index (Phi) is 2.23. The molecule has 1 fully saturated rings. The van der Waals surface area contributed by atoms with E-state index in [1.165, 1.54) is 0 Å². The van der Waals surface area contributed by atoms with E-state index in [2.05, 4.69) is 6.58 Å². The largest absolute Gasteiger partial charge is 0.475 e. The molecule has 1 atom stereocenters. The molecule has 0 saturated carbocycles. The van der Waals surface area contributed by atoms with Crippen molar-refractivity contribution in [3.63, 3.8) is 0 Å². The second-order valence-corrected chi connectivity index (χ2v) is 3.04. The first-order chi connectivity index (χ1) is 6.77. The molecule has 1 aliphatic rings. The van der Waals surface area contributed by atoms with Gasteiger partial charge >= 0.3 is 5.97 Å². The van der Waals surface area contributed by atoms with Gasteiger partial charge in [0.1, 0.15) is 6.61 Å². The minimum absolute atomic E-state index is 0.0742. The van der Waals surface area contributed by atoms with Crippen LogP contribution in [0.3, 0.4) is 0 Å². The predicted octanol–water partition coefficient (Wildman–Crippen LogP) is 1.81. The van der Waals surface area contributed by atoms with E-state index in [0.29, 0.717) is 0 Å². The Morgan fingerprint density at radius 1 is 1.29 bits per heavy atom. The average Bonchev–Trinajstić information content (AvgIpc) is 2.23. The SMILES string of the molecule is C=C1OC(c2ccccc2)COC1=O. The van der Waals surface area contributed by atoms with Gasteiger partial charge in [-0.2, -0.15) is 0 Å². The highest BCUT2D eigenvalue weighted by Gasteiger charge is 2.25. The molecule has 1 saturated heterocycles. The lowest BCUT2D eigenvalue weighted by Crippen LogP contribution is -2.24. The average molecular weight is 190 g/mol. The number of carbonyl (C=O) groups is 1. The minimum atomic E-state index is -0.475. The smallest absolute Gasteiger partial charge is 0.373 e. The molecule has 0 radical (unpaired) electrons. The third-order valence-electron chi connectivity index (χ3n) is 2.05. The van der Waals surface area contributed by atoms with Crippen LogP contribution in [0.5, 0.6) is 0 Å². The molecule has 3 heteroatoms. The number of esters is 1. The molecule has 0 bridgehead atoms. The molecule has 0 aromatic heterocycles. The minimum Gasteiger partial charge on any atom is -0.475 e. The van der Waals surface area contributed by atoms with Gasteiger partial charge in [-0.05, 0) is 12.1 Å². The van der Waals surface area contributed by atoms with E-state index in [-0.39, 0.29) is 18.5 Å². The van der Waals surface area contributed by atoms with E-state index in [0.717, 1.165) is 5.56 Å². The Morgan fingerprint density at radius 2 is 2.00 bits per heavy atom. The van der Waals surface area contributed by atoms with Gasteiger partial charge in [0.2, 0.25) is 0 Å². The normalized spacial score (nSPS) is 21.3. The highest BCUT2D eigenvalue weighted by atomic mass is 16.6. The summed E-state index contributed by atoms with van der Waals surface area (Å²) in [5.41, 5.74) is 0.987. The van der Waals surface area contributed by atoms with Crippen LogP contribution < -0.4 is 0 Å². The first-order valence-electron chi connectivity index (χ1n) is 4.35. The maximum Gasteiger partial charge on any atom is 0.373 e. The van der Waals surface area contributed by atoms with Crippen LogP contribution in [0.25, 0.3) is 0 Å². The highest BCUT2D eigenvalue weighted by Crippen LogP contribution is 2.24. The third kappa shape index (κ3) is 1.62. The molecule has 14 heavy (non-hydrogen) atoms. The van der Waals surface area contributed by atoms with E-state index in [4.69, 9.17) is 9.47 Å². The van der Waals surface area contributed by atoms with E-state index < -0.39 is 5.97 Å². The van der Waals surface area contributed by atoms with Crippen molar-refractivity contribution < 1.29 is 14.3 Å². The quantitative estimate of drug-likeness (QED) is 0.500. The molecule has 72 valence electrons. The van der Waals surface area contributed by atoms with Gasteiger partial charge in [-0.15, -0.1) is 0 Å². The van der Waals surface area contributed by atoms with Gasteiger partial charge in [-0.25, -0.2) is 4.79 Å². The predicted molar refractivity (Wildman–Crippen MR) is 50.4 cm³/mol. The lowest BCUT2D eigenvalue weighted by molar-refractivity contribution is -0.157. The van der Waals surface area contributed by atoms with Gasteiger partial charge in [0.05, 0.1) is 0 Å². The van der Waals surface area contributed by atoms with Crippen LogP contribution in [-0.4, -0.2) is 12.6 Å². The van der Waals surface area contributed by atoms with Crippen molar-refractivity contribution in [2.45, 2.75) is 6.10 Å². The van der Waals surface area contributed by atoms with E-state index >= 15 is 0 Å². The fourth-order valence-corrected chi connectivity index (χ4v) is 1.32. The molecule has 0 amide bonds. The molecule has 0 spiro atoms. The summed E-state index contributed by atoms with van der Waals surface area (Å²) in [4.78, 5) is 10.9. The number of cyclic esters (lactones) is 1. The van der Waals surface area contributed by atoms with E-state index in [1.807, 2.05) is 30.3 Å². The number of hydrogen-bond acceptors (Lipinski definition) is 3. The number of carbonyl (C=O) groups excluding carboxylic acids is 1. The lowest BCUT2D eigenvalue weighted by atomic mass is 10.1. The molecule has 3 nitrogen and oxygen atoms in total. The molecule has 1 heterocycles. The number of rotatable bonds is 1. The third-order valence-corrected chi connectivity index (χ3v) is 2.05. The molecule has 1 aromatic carbocycles. The second-order valence-electron chi connectivity index (χ2n) is 3.04. The van der Waals surface area contributed by atoms with Crippen molar-refractivity contribution >= 4 is 5.97 Å². The molecule has 1 aromatic rings. The summed E-state index contributed by atoms with van der Waals surface area (Å²) in [7, 11) is 0. The molecular weight excluding hydrogens is 180 g/mol. The summed E-state index contributed by atoms with van der Waals surface area (Å²) in [5, 5.41) is 0. The maximum absolute atomic E-state index is 10.9. The van der Waals surface area contributed by atoms with Crippen LogP contribution in [0.2, 0.25) is 0 Å². The van der Waals surface area contributed by atoms with Crippen molar-refractivity contribution in [3.05, 3.63) is 48.2 Å². The number of benzene rings is 1. The maximum atomic E-state index is 10.9. The summed E-state index contributed by atoms with van der Waals surface area (Å²) in [6.07, 6.45) is -0.221. The van der Waals surface area contributed by atoms with E-state index in [1.54, 1.807) is 0 Å². The zero-order chi connectivity index (χ0) is 9.97. The van der Waals surface area contributed by atoms with E-state index in [9.17, 15) is 4.79 Å². The van der Waals surface area contributed by atoms with Crippen LogP contribution in [0, 0.1) is 0 Å². The van der Waals surface area contributed by atoms with Crippen molar-refractivity contribution in [1.29, 1.82) is 0 Å². The van der Waals surface area contributed by atoms with Crippen LogP contribution >= 0.6 is 0 Å². The Morgan fingerprint density at radius 3 is 2.64 bits per heavy atom. The van der Waals surface area contributed by atoms with Gasteiger partial charge in [-0.3, -0.25) is 0 Å². The highest BCUT2D eigenvalue weighted by molar-refractivity contribution is 5.86. The molecular formula is C11H10O3. The summed E-state index contributed by atoms with van der Waals surface area (Å²) in [5.74, 6) is -0.401. The van der Waals surface area contributed by atoms with Crippen molar-refractivity contribution in [2.24, 2.45) is 0 Å². The lowest BCUT2D eigenvalue weighted by Gasteiger charge is -2.24. The van der Waals surface area contributed by atoms with Gasteiger partial charge in [0.25, 0.3) is 0 Å². The Bertz CT molecular complexity index is 356. The Hall–Kier alpha value is -1.77. The van der Waals surface area contributed by atoms with Gasteiger partial charge < -0.3 is 9.47 Å². The van der Waals surface area contributed by atoms with Crippen LogP contribution in [0.15, 0.2) is 42.7 Å². The Labute approximate surface area is 81.9 Å². The topological polar surface area (TPSA) is 35.5 Å². The van der Waals surface area contributed by atoms with Gasteiger partial charge in [0.15, 0.2) is 11.9 Å². The fraction of sp³-hybridized carbons (Fsp3) is 0.182. The first-order valence-corrected chi connectivity index (χ1v) is 4.35. The van der Waals surface area contributed by atoms with Crippen LogP contribution in [0.4, 0.5) is 0 Å². The van der Waals surface area contributed by atoms with Gasteiger partial charge in [0, 0.05) is 0 Å². The molecule has 2 rings (SSSR count).